The van der Waals surface area contributed by atoms with Gasteiger partial charge in [0.05, 0.1) is 0 Å². The summed E-state index contributed by atoms with van der Waals surface area (Å²) in [5.74, 6) is 2.51. The minimum Gasteiger partial charge on any atom is -0.439 e. The number of rotatable bonds is 11. The van der Waals surface area contributed by atoms with E-state index < -0.39 is 0 Å². The van der Waals surface area contributed by atoms with Crippen molar-refractivity contribution in [2.75, 3.05) is 0 Å². The van der Waals surface area contributed by atoms with Crippen molar-refractivity contribution in [3.05, 3.63) is 77.5 Å². The summed E-state index contributed by atoms with van der Waals surface area (Å²) in [6.07, 6.45) is 11.2. The van der Waals surface area contributed by atoms with Crippen LogP contribution < -0.4 is 4.74 Å². The summed E-state index contributed by atoms with van der Waals surface area (Å²) < 4.78 is 5.92. The third-order valence-corrected chi connectivity index (χ3v) is 5.06. The lowest BCUT2D eigenvalue weighted by Gasteiger charge is -2.08. The molecule has 1 aromatic carbocycles. The molecule has 3 aromatic rings. The first kappa shape index (κ1) is 21.6. The zero-order chi connectivity index (χ0) is 21.2. The average Bonchev–Trinajstić information content (AvgIpc) is 2.79. The van der Waals surface area contributed by atoms with E-state index in [0.29, 0.717) is 24.5 Å². The number of aryl methyl sites for hydroxylation is 4. The minimum absolute atomic E-state index is 0.324. The van der Waals surface area contributed by atoms with Crippen molar-refractivity contribution < 1.29 is 9.53 Å². The normalized spacial score (nSPS) is 10.7. The largest absolute Gasteiger partial charge is 0.439 e. The molecule has 156 valence electrons. The second-order valence-electron chi connectivity index (χ2n) is 7.36. The fraction of sp³-hybridized carbons (Fsp3) is 0.360. The summed E-state index contributed by atoms with van der Waals surface area (Å²) in [4.78, 5) is 24.6. The number of hydrogen-bond acceptors (Lipinski definition) is 5. The Morgan fingerprint density at radius 3 is 2.33 bits per heavy atom. The number of nitrogens with zero attached hydrogens (tertiary/aromatic N) is 3. The Labute approximate surface area is 178 Å². The number of carbonyl (C=O) groups is 1. The quantitative estimate of drug-likeness (QED) is 0.434. The molecule has 30 heavy (non-hydrogen) atoms. The van der Waals surface area contributed by atoms with Gasteiger partial charge < -0.3 is 4.74 Å². The van der Waals surface area contributed by atoms with E-state index in [1.807, 2.05) is 55.7 Å². The van der Waals surface area contributed by atoms with Crippen molar-refractivity contribution in [3.63, 3.8) is 0 Å². The molecule has 0 saturated carbocycles. The number of benzene rings is 1. The first-order valence-corrected chi connectivity index (χ1v) is 10.7. The van der Waals surface area contributed by atoms with Gasteiger partial charge in [0, 0.05) is 43.9 Å². The molecule has 2 heterocycles. The standard InChI is InChI=1S/C25H29N3O2/c1-3-19-17-27-24(28-18-19)13-10-21-14-15-26-25(16-21)30-23-11-8-20(9-12-23)6-5-7-22(29)4-2/h8-9,11-12,14-18H,3-7,10,13H2,1-2H3. The maximum atomic E-state index is 11.4. The molecule has 5 nitrogen and oxygen atoms in total. The van der Waals surface area contributed by atoms with Crippen LogP contribution in [-0.2, 0) is 30.5 Å². The predicted octanol–water partition coefficient (Wildman–Crippen LogP) is 5.31. The second-order valence-corrected chi connectivity index (χ2v) is 7.36. The van der Waals surface area contributed by atoms with Crippen molar-refractivity contribution >= 4 is 5.78 Å². The molecule has 0 fully saturated rings. The van der Waals surface area contributed by atoms with Gasteiger partial charge in [0.25, 0.3) is 0 Å². The highest BCUT2D eigenvalue weighted by Gasteiger charge is 2.04. The van der Waals surface area contributed by atoms with Gasteiger partial charge in [-0.2, -0.15) is 0 Å². The van der Waals surface area contributed by atoms with Gasteiger partial charge in [0.15, 0.2) is 0 Å². The van der Waals surface area contributed by atoms with Gasteiger partial charge in [-0.05, 0) is 60.6 Å². The van der Waals surface area contributed by atoms with E-state index in [-0.39, 0.29) is 0 Å². The monoisotopic (exact) mass is 403 g/mol. The first-order valence-electron chi connectivity index (χ1n) is 10.7. The molecule has 0 aliphatic carbocycles. The Morgan fingerprint density at radius 1 is 0.867 bits per heavy atom. The van der Waals surface area contributed by atoms with E-state index in [2.05, 4.69) is 21.9 Å². The number of carbonyl (C=O) groups excluding carboxylic acids is 1. The number of hydrogen-bond donors (Lipinski definition) is 0. The van der Waals surface area contributed by atoms with Crippen molar-refractivity contribution in [1.82, 2.24) is 15.0 Å². The van der Waals surface area contributed by atoms with E-state index >= 15 is 0 Å². The smallest absolute Gasteiger partial charge is 0.219 e. The number of ether oxygens (including phenoxy) is 1. The molecule has 0 radical (unpaired) electrons. The van der Waals surface area contributed by atoms with E-state index in [9.17, 15) is 4.79 Å². The molecule has 0 aliphatic rings. The summed E-state index contributed by atoms with van der Waals surface area (Å²) >= 11 is 0. The molecule has 5 heteroatoms. The Kier molecular flexibility index (Phi) is 8.07. The molecular formula is C25H29N3O2. The summed E-state index contributed by atoms with van der Waals surface area (Å²) in [7, 11) is 0. The molecule has 0 atom stereocenters. The van der Waals surface area contributed by atoms with E-state index in [1.54, 1.807) is 6.20 Å². The van der Waals surface area contributed by atoms with Gasteiger partial charge in [-0.1, -0.05) is 26.0 Å². The average molecular weight is 404 g/mol. The van der Waals surface area contributed by atoms with E-state index in [4.69, 9.17) is 4.74 Å². The van der Waals surface area contributed by atoms with E-state index in [1.165, 1.54) is 5.56 Å². The van der Waals surface area contributed by atoms with Crippen molar-refractivity contribution in [1.29, 1.82) is 0 Å². The molecule has 0 saturated heterocycles. The highest BCUT2D eigenvalue weighted by atomic mass is 16.5. The first-order chi connectivity index (χ1) is 14.7. The van der Waals surface area contributed by atoms with Gasteiger partial charge in [-0.25, -0.2) is 15.0 Å². The summed E-state index contributed by atoms with van der Waals surface area (Å²) in [6, 6.07) is 12.0. The highest BCUT2D eigenvalue weighted by molar-refractivity contribution is 5.77. The fourth-order valence-electron chi connectivity index (χ4n) is 3.12. The van der Waals surface area contributed by atoms with Crippen molar-refractivity contribution in [2.45, 2.75) is 58.8 Å². The number of ketones is 1. The van der Waals surface area contributed by atoms with E-state index in [0.717, 1.165) is 54.8 Å². The van der Waals surface area contributed by atoms with Crippen LogP contribution in [0.3, 0.4) is 0 Å². The second kappa shape index (κ2) is 11.2. The molecule has 0 unspecified atom stereocenters. The number of pyridine rings is 1. The van der Waals surface area contributed by atoms with Crippen LogP contribution in [-0.4, -0.2) is 20.7 Å². The predicted molar refractivity (Wildman–Crippen MR) is 118 cm³/mol. The molecule has 0 amide bonds. The van der Waals surface area contributed by atoms with Crippen LogP contribution in [0.1, 0.15) is 55.6 Å². The number of aromatic nitrogens is 3. The molecular weight excluding hydrogens is 374 g/mol. The van der Waals surface area contributed by atoms with Crippen LogP contribution in [0.5, 0.6) is 11.6 Å². The fourth-order valence-corrected chi connectivity index (χ4v) is 3.12. The SMILES string of the molecule is CCC(=O)CCCc1ccc(Oc2cc(CCc3ncc(CC)cn3)ccn2)cc1. The van der Waals surface area contributed by atoms with Crippen LogP contribution >= 0.6 is 0 Å². The van der Waals surface area contributed by atoms with Crippen LogP contribution in [0.25, 0.3) is 0 Å². The maximum Gasteiger partial charge on any atom is 0.219 e. The van der Waals surface area contributed by atoms with Crippen LogP contribution in [0, 0.1) is 0 Å². The Balaban J connectivity index is 1.52. The summed E-state index contributed by atoms with van der Waals surface area (Å²) in [5, 5.41) is 0. The molecule has 0 bridgehead atoms. The zero-order valence-corrected chi connectivity index (χ0v) is 17.8. The van der Waals surface area contributed by atoms with Crippen molar-refractivity contribution in [2.24, 2.45) is 0 Å². The maximum absolute atomic E-state index is 11.4. The topological polar surface area (TPSA) is 65.0 Å². The van der Waals surface area contributed by atoms with Gasteiger partial charge in [-0.3, -0.25) is 4.79 Å². The highest BCUT2D eigenvalue weighted by Crippen LogP contribution is 2.21. The molecule has 3 rings (SSSR count). The summed E-state index contributed by atoms with van der Waals surface area (Å²) in [6.45, 7) is 4.01. The Bertz CT molecular complexity index is 937. The Morgan fingerprint density at radius 2 is 1.63 bits per heavy atom. The molecule has 0 spiro atoms. The lowest BCUT2D eigenvalue weighted by Crippen LogP contribution is -1.99. The zero-order valence-electron chi connectivity index (χ0n) is 17.8. The lowest BCUT2D eigenvalue weighted by atomic mass is 10.1. The van der Waals surface area contributed by atoms with Gasteiger partial charge in [0.1, 0.15) is 17.4 Å². The Hall–Kier alpha value is -3.08. The van der Waals surface area contributed by atoms with Crippen molar-refractivity contribution in [3.8, 4) is 11.6 Å². The summed E-state index contributed by atoms with van der Waals surface area (Å²) in [5.41, 5.74) is 3.50. The lowest BCUT2D eigenvalue weighted by molar-refractivity contribution is -0.118. The van der Waals surface area contributed by atoms with Crippen LogP contribution in [0.4, 0.5) is 0 Å². The van der Waals surface area contributed by atoms with Crippen LogP contribution in [0.15, 0.2) is 55.0 Å². The third kappa shape index (κ3) is 6.76. The molecule has 2 aromatic heterocycles. The number of Topliss-reactive ketones (excluding diaryl/α,β-unsaturated/α-hetero) is 1. The molecule has 0 aliphatic heterocycles. The van der Waals surface area contributed by atoms with Gasteiger partial charge in [-0.15, -0.1) is 0 Å². The third-order valence-electron chi connectivity index (χ3n) is 5.06. The van der Waals surface area contributed by atoms with Gasteiger partial charge in [0.2, 0.25) is 5.88 Å². The minimum atomic E-state index is 0.324. The van der Waals surface area contributed by atoms with Crippen LogP contribution in [0.2, 0.25) is 0 Å². The molecule has 0 N–H and O–H groups in total. The van der Waals surface area contributed by atoms with Gasteiger partial charge >= 0.3 is 0 Å².